The molecule has 2 amide bonds. The van der Waals surface area contributed by atoms with Gasteiger partial charge in [0.15, 0.2) is 0 Å². The number of carbonyl (C=O) groups is 1. The van der Waals surface area contributed by atoms with Crippen molar-refractivity contribution in [2.24, 2.45) is 0 Å². The fourth-order valence-electron chi connectivity index (χ4n) is 2.54. The highest BCUT2D eigenvalue weighted by Crippen LogP contribution is 2.42. The van der Waals surface area contributed by atoms with Crippen molar-refractivity contribution in [3.63, 3.8) is 0 Å². The quantitative estimate of drug-likeness (QED) is 0.881. The number of nitrogens with zero attached hydrogens (tertiary/aromatic N) is 1. The average Bonchev–Trinajstić information content (AvgIpc) is 3.01. The van der Waals surface area contributed by atoms with Gasteiger partial charge in [0.1, 0.15) is 6.26 Å². The second-order valence-corrected chi connectivity index (χ2v) is 6.74. The van der Waals surface area contributed by atoms with Crippen molar-refractivity contribution >= 4 is 23.5 Å². The molecule has 1 aliphatic rings. The number of benzene rings is 1. The van der Waals surface area contributed by atoms with Crippen LogP contribution < -0.4 is 10.6 Å². The second-order valence-electron chi connectivity index (χ2n) is 5.47. The monoisotopic (exact) mass is 317 g/mol. The standard InChI is InChI=1S/C16H19N3O2S/c1-22-16(6-3-7-16)11-18-15(20)19-13-5-2-4-12(10-13)14-17-8-9-21-14/h2,4-5,8-10H,3,6-7,11H2,1H3,(H2,18,19,20). The van der Waals surface area contributed by atoms with Crippen LogP contribution in [0.5, 0.6) is 0 Å². The number of amides is 2. The van der Waals surface area contributed by atoms with Gasteiger partial charge in [0.25, 0.3) is 0 Å². The highest BCUT2D eigenvalue weighted by Gasteiger charge is 2.36. The zero-order chi connectivity index (χ0) is 15.4. The summed E-state index contributed by atoms with van der Waals surface area (Å²) in [7, 11) is 0. The first-order valence-corrected chi connectivity index (χ1v) is 8.53. The predicted molar refractivity (Wildman–Crippen MR) is 89.1 cm³/mol. The van der Waals surface area contributed by atoms with E-state index in [-0.39, 0.29) is 10.8 Å². The van der Waals surface area contributed by atoms with Gasteiger partial charge in [0, 0.05) is 22.5 Å². The molecule has 5 nitrogen and oxygen atoms in total. The fraction of sp³-hybridized carbons (Fsp3) is 0.375. The molecule has 0 atom stereocenters. The number of hydrogen-bond acceptors (Lipinski definition) is 4. The van der Waals surface area contributed by atoms with E-state index >= 15 is 0 Å². The minimum atomic E-state index is -0.176. The van der Waals surface area contributed by atoms with Gasteiger partial charge in [-0.25, -0.2) is 9.78 Å². The van der Waals surface area contributed by atoms with Crippen LogP contribution >= 0.6 is 11.8 Å². The molecule has 6 heteroatoms. The van der Waals surface area contributed by atoms with Gasteiger partial charge in [0.2, 0.25) is 5.89 Å². The lowest BCUT2D eigenvalue weighted by Crippen LogP contribution is -2.46. The molecular formula is C16H19N3O2S. The first kappa shape index (κ1) is 15.0. The van der Waals surface area contributed by atoms with E-state index in [9.17, 15) is 4.79 Å². The van der Waals surface area contributed by atoms with Gasteiger partial charge in [-0.05, 0) is 37.3 Å². The van der Waals surface area contributed by atoms with Crippen LogP contribution in [-0.4, -0.2) is 28.6 Å². The number of carbonyl (C=O) groups excluding carboxylic acids is 1. The minimum Gasteiger partial charge on any atom is -0.445 e. The molecule has 116 valence electrons. The Kier molecular flexibility index (Phi) is 4.38. The Morgan fingerprint density at radius 2 is 2.32 bits per heavy atom. The molecule has 0 unspecified atom stereocenters. The molecule has 2 N–H and O–H groups in total. The van der Waals surface area contributed by atoms with Gasteiger partial charge in [-0.15, -0.1) is 0 Å². The van der Waals surface area contributed by atoms with E-state index in [1.165, 1.54) is 25.5 Å². The Morgan fingerprint density at radius 3 is 2.95 bits per heavy atom. The third kappa shape index (κ3) is 3.27. The number of oxazole rings is 1. The normalized spacial score (nSPS) is 15.9. The Hall–Kier alpha value is -1.95. The van der Waals surface area contributed by atoms with E-state index < -0.39 is 0 Å². The van der Waals surface area contributed by atoms with Gasteiger partial charge in [-0.3, -0.25) is 0 Å². The third-order valence-electron chi connectivity index (χ3n) is 4.07. The van der Waals surface area contributed by atoms with Crippen LogP contribution in [0.25, 0.3) is 11.5 Å². The second kappa shape index (κ2) is 6.44. The number of hydrogen-bond donors (Lipinski definition) is 2. The maximum Gasteiger partial charge on any atom is 0.319 e. The number of rotatable bonds is 5. The van der Waals surface area contributed by atoms with Crippen LogP contribution in [0.2, 0.25) is 0 Å². The van der Waals surface area contributed by atoms with Crippen LogP contribution in [-0.2, 0) is 0 Å². The molecule has 22 heavy (non-hydrogen) atoms. The number of aromatic nitrogens is 1. The molecule has 1 aromatic heterocycles. The molecule has 0 aliphatic heterocycles. The van der Waals surface area contributed by atoms with Crippen LogP contribution in [0.3, 0.4) is 0 Å². The van der Waals surface area contributed by atoms with Crippen LogP contribution in [0.15, 0.2) is 41.1 Å². The molecule has 0 saturated heterocycles. The summed E-state index contributed by atoms with van der Waals surface area (Å²) in [6, 6.07) is 7.28. The molecule has 1 fully saturated rings. The summed E-state index contributed by atoms with van der Waals surface area (Å²) in [6.07, 6.45) is 8.84. The zero-order valence-corrected chi connectivity index (χ0v) is 13.3. The lowest BCUT2D eigenvalue weighted by Gasteiger charge is -2.40. The van der Waals surface area contributed by atoms with E-state index in [2.05, 4.69) is 21.9 Å². The average molecular weight is 317 g/mol. The SMILES string of the molecule is CSC1(CNC(=O)Nc2cccc(-c3ncco3)c2)CCC1. The van der Waals surface area contributed by atoms with E-state index in [0.717, 1.165) is 11.3 Å². The highest BCUT2D eigenvalue weighted by molar-refractivity contribution is 8.00. The van der Waals surface area contributed by atoms with E-state index in [0.29, 0.717) is 12.4 Å². The summed E-state index contributed by atoms with van der Waals surface area (Å²) in [5, 5.41) is 5.83. The zero-order valence-electron chi connectivity index (χ0n) is 12.5. The summed E-state index contributed by atoms with van der Waals surface area (Å²) in [6.45, 7) is 0.708. The Morgan fingerprint density at radius 1 is 1.45 bits per heavy atom. The first-order chi connectivity index (χ1) is 10.7. The lowest BCUT2D eigenvalue weighted by molar-refractivity contribution is 0.247. The van der Waals surface area contributed by atoms with Gasteiger partial charge < -0.3 is 15.1 Å². The predicted octanol–water partition coefficient (Wildman–Crippen LogP) is 3.75. The number of thioether (sulfide) groups is 1. The van der Waals surface area contributed by atoms with Crippen molar-refractivity contribution in [2.45, 2.75) is 24.0 Å². The summed E-state index contributed by atoms with van der Waals surface area (Å²) < 4.78 is 5.50. The van der Waals surface area contributed by atoms with Gasteiger partial charge in [-0.2, -0.15) is 11.8 Å². The van der Waals surface area contributed by atoms with Crippen molar-refractivity contribution in [2.75, 3.05) is 18.1 Å². The topological polar surface area (TPSA) is 67.2 Å². The molecule has 1 saturated carbocycles. The molecule has 1 aromatic carbocycles. The largest absolute Gasteiger partial charge is 0.445 e. The van der Waals surface area contributed by atoms with Gasteiger partial charge in [0.05, 0.1) is 6.20 Å². The van der Waals surface area contributed by atoms with Crippen molar-refractivity contribution in [1.82, 2.24) is 10.3 Å². The van der Waals surface area contributed by atoms with Gasteiger partial charge in [-0.1, -0.05) is 12.5 Å². The molecule has 0 bridgehead atoms. The van der Waals surface area contributed by atoms with Crippen molar-refractivity contribution in [1.29, 1.82) is 0 Å². The summed E-state index contributed by atoms with van der Waals surface area (Å²) >= 11 is 1.84. The van der Waals surface area contributed by atoms with Crippen LogP contribution in [0.4, 0.5) is 10.5 Å². The molecule has 0 spiro atoms. The maximum absolute atomic E-state index is 12.0. The van der Waals surface area contributed by atoms with Gasteiger partial charge >= 0.3 is 6.03 Å². The fourth-order valence-corrected chi connectivity index (χ4v) is 3.45. The summed E-state index contributed by atoms with van der Waals surface area (Å²) in [4.78, 5) is 16.1. The lowest BCUT2D eigenvalue weighted by atomic mass is 9.84. The molecule has 0 radical (unpaired) electrons. The third-order valence-corrected chi connectivity index (χ3v) is 5.49. The van der Waals surface area contributed by atoms with E-state index in [1.54, 1.807) is 6.20 Å². The van der Waals surface area contributed by atoms with E-state index in [1.807, 2.05) is 36.0 Å². The van der Waals surface area contributed by atoms with Crippen molar-refractivity contribution < 1.29 is 9.21 Å². The molecule has 1 heterocycles. The summed E-state index contributed by atoms with van der Waals surface area (Å²) in [5.74, 6) is 0.542. The van der Waals surface area contributed by atoms with Crippen molar-refractivity contribution in [3.05, 3.63) is 36.7 Å². The number of anilines is 1. The smallest absolute Gasteiger partial charge is 0.319 e. The highest BCUT2D eigenvalue weighted by atomic mass is 32.2. The minimum absolute atomic E-state index is 0.176. The maximum atomic E-state index is 12.0. The Labute approximate surface area is 133 Å². The Balaban J connectivity index is 1.58. The van der Waals surface area contributed by atoms with E-state index in [4.69, 9.17) is 4.42 Å². The number of urea groups is 1. The molecular weight excluding hydrogens is 298 g/mol. The Bertz CT molecular complexity index is 633. The van der Waals surface area contributed by atoms with Crippen molar-refractivity contribution in [3.8, 4) is 11.5 Å². The first-order valence-electron chi connectivity index (χ1n) is 7.31. The molecule has 3 rings (SSSR count). The number of nitrogens with one attached hydrogen (secondary N) is 2. The van der Waals surface area contributed by atoms with Crippen LogP contribution in [0.1, 0.15) is 19.3 Å². The molecule has 1 aliphatic carbocycles. The van der Waals surface area contributed by atoms with Crippen LogP contribution in [0, 0.1) is 0 Å². The summed E-state index contributed by atoms with van der Waals surface area (Å²) in [5.41, 5.74) is 1.56. The molecule has 2 aromatic rings.